The van der Waals surface area contributed by atoms with Gasteiger partial charge in [0.25, 0.3) is 11.6 Å². The van der Waals surface area contributed by atoms with Crippen LogP contribution >= 0.6 is 0 Å². The predicted octanol–water partition coefficient (Wildman–Crippen LogP) is 1.49. The Balaban J connectivity index is 2.08. The lowest BCUT2D eigenvalue weighted by atomic mass is 10.1. The second-order valence-electron chi connectivity index (χ2n) is 4.74. The van der Waals surface area contributed by atoms with Crippen LogP contribution in [0.5, 0.6) is 0 Å². The number of nitro groups is 1. The Bertz CT molecular complexity index is 498. The first-order valence-corrected chi connectivity index (χ1v) is 6.26. The van der Waals surface area contributed by atoms with Gasteiger partial charge in [-0.2, -0.15) is 0 Å². The Morgan fingerprint density at radius 3 is 2.84 bits per heavy atom. The molecule has 0 bridgehead atoms. The number of carbonyl (C=O) groups excluding carboxylic acids is 1. The van der Waals surface area contributed by atoms with Gasteiger partial charge in [0.05, 0.1) is 4.92 Å². The molecule has 3 N–H and O–H groups in total. The third-order valence-corrected chi connectivity index (χ3v) is 3.37. The number of nitrogens with one attached hydrogen (secondary N) is 1. The van der Waals surface area contributed by atoms with E-state index in [1.165, 1.54) is 18.9 Å². The standard InChI is InChI=1S/C12H16N4O3/c13-11-5-9(10(7-14-11)16(18)19)12(17)15-6-8-3-1-2-4-8/h5,7-8H,1-4,6H2,(H2,13,14)(H,15,17). The van der Waals surface area contributed by atoms with Crippen LogP contribution in [0.4, 0.5) is 11.5 Å². The van der Waals surface area contributed by atoms with Crippen molar-refractivity contribution >= 4 is 17.4 Å². The minimum Gasteiger partial charge on any atom is -0.384 e. The Labute approximate surface area is 110 Å². The maximum Gasteiger partial charge on any atom is 0.300 e. The number of hydrogen-bond acceptors (Lipinski definition) is 5. The molecule has 19 heavy (non-hydrogen) atoms. The molecule has 0 aromatic carbocycles. The molecule has 0 atom stereocenters. The van der Waals surface area contributed by atoms with Crippen molar-refractivity contribution in [3.8, 4) is 0 Å². The summed E-state index contributed by atoms with van der Waals surface area (Å²) in [6.45, 7) is 0.554. The molecule has 7 nitrogen and oxygen atoms in total. The van der Waals surface area contributed by atoms with Gasteiger partial charge < -0.3 is 11.1 Å². The minimum absolute atomic E-state index is 0.0319. The second kappa shape index (κ2) is 5.64. The van der Waals surface area contributed by atoms with Gasteiger partial charge in [-0.25, -0.2) is 4.98 Å². The van der Waals surface area contributed by atoms with E-state index < -0.39 is 10.8 Å². The van der Waals surface area contributed by atoms with E-state index in [9.17, 15) is 14.9 Å². The molecule has 1 amide bonds. The van der Waals surface area contributed by atoms with Crippen LogP contribution < -0.4 is 11.1 Å². The van der Waals surface area contributed by atoms with Crippen molar-refractivity contribution in [2.45, 2.75) is 25.7 Å². The van der Waals surface area contributed by atoms with Crippen molar-refractivity contribution in [1.29, 1.82) is 0 Å². The number of hydrogen-bond donors (Lipinski definition) is 2. The third kappa shape index (κ3) is 3.18. The topological polar surface area (TPSA) is 111 Å². The van der Waals surface area contributed by atoms with E-state index in [1.807, 2.05) is 0 Å². The first-order valence-electron chi connectivity index (χ1n) is 6.26. The summed E-state index contributed by atoms with van der Waals surface area (Å²) in [6.07, 6.45) is 5.58. The van der Waals surface area contributed by atoms with Crippen molar-refractivity contribution in [2.24, 2.45) is 5.92 Å². The summed E-state index contributed by atoms with van der Waals surface area (Å²) in [6, 6.07) is 1.24. The van der Waals surface area contributed by atoms with Crippen LogP contribution in [0, 0.1) is 16.0 Å². The predicted molar refractivity (Wildman–Crippen MR) is 69.6 cm³/mol. The molecule has 102 valence electrons. The number of anilines is 1. The molecule has 7 heteroatoms. The van der Waals surface area contributed by atoms with E-state index >= 15 is 0 Å². The summed E-state index contributed by atoms with van der Waals surface area (Å²) in [4.78, 5) is 25.8. The molecule has 0 saturated heterocycles. The molecule has 0 radical (unpaired) electrons. The quantitative estimate of drug-likeness (QED) is 0.632. The Morgan fingerprint density at radius 1 is 1.53 bits per heavy atom. The third-order valence-electron chi connectivity index (χ3n) is 3.37. The van der Waals surface area contributed by atoms with E-state index in [1.54, 1.807) is 0 Å². The number of nitrogen functional groups attached to an aromatic ring is 1. The molecule has 1 aromatic heterocycles. The summed E-state index contributed by atoms with van der Waals surface area (Å²) in [5.74, 6) is 0.103. The monoisotopic (exact) mass is 264 g/mol. The van der Waals surface area contributed by atoms with E-state index in [2.05, 4.69) is 10.3 Å². The van der Waals surface area contributed by atoms with E-state index in [-0.39, 0.29) is 17.1 Å². The van der Waals surface area contributed by atoms with Crippen LogP contribution in [0.3, 0.4) is 0 Å². The number of rotatable bonds is 4. The average molecular weight is 264 g/mol. The molecule has 0 spiro atoms. The minimum atomic E-state index is -0.628. The lowest BCUT2D eigenvalue weighted by Gasteiger charge is -2.10. The number of carbonyl (C=O) groups is 1. The molecule has 1 saturated carbocycles. The van der Waals surface area contributed by atoms with Gasteiger partial charge in [0.2, 0.25) is 0 Å². The Hall–Kier alpha value is -2.18. The summed E-state index contributed by atoms with van der Waals surface area (Å²) >= 11 is 0. The smallest absolute Gasteiger partial charge is 0.300 e. The van der Waals surface area contributed by atoms with Crippen LogP contribution in [0.15, 0.2) is 12.3 Å². The molecule has 2 rings (SSSR count). The van der Waals surface area contributed by atoms with Crippen molar-refractivity contribution in [3.63, 3.8) is 0 Å². The number of nitrogens with two attached hydrogens (primary N) is 1. The van der Waals surface area contributed by atoms with Crippen LogP contribution in [0.2, 0.25) is 0 Å². The highest BCUT2D eigenvalue weighted by atomic mass is 16.6. The first-order chi connectivity index (χ1) is 9.08. The number of aromatic nitrogens is 1. The van der Waals surface area contributed by atoms with Gasteiger partial charge in [0.15, 0.2) is 0 Å². The number of amides is 1. The van der Waals surface area contributed by atoms with Crippen LogP contribution in [-0.4, -0.2) is 22.4 Å². The lowest BCUT2D eigenvalue weighted by molar-refractivity contribution is -0.385. The molecule has 1 fully saturated rings. The summed E-state index contributed by atoms with van der Waals surface area (Å²) in [5.41, 5.74) is 5.12. The molecule has 0 unspecified atom stereocenters. The molecular formula is C12H16N4O3. The van der Waals surface area contributed by atoms with Gasteiger partial charge in [-0.05, 0) is 24.8 Å². The highest BCUT2D eigenvalue weighted by molar-refractivity contribution is 5.98. The first kappa shape index (κ1) is 13.3. The van der Waals surface area contributed by atoms with Gasteiger partial charge in [-0.3, -0.25) is 14.9 Å². The normalized spacial score (nSPS) is 15.4. The van der Waals surface area contributed by atoms with E-state index in [4.69, 9.17) is 5.73 Å². The molecule has 0 aliphatic heterocycles. The SMILES string of the molecule is Nc1cc(C(=O)NCC2CCCC2)c([N+](=O)[O-])cn1. The van der Waals surface area contributed by atoms with Gasteiger partial charge in [-0.1, -0.05) is 12.8 Å². The van der Waals surface area contributed by atoms with E-state index in [0.717, 1.165) is 19.0 Å². The zero-order valence-electron chi connectivity index (χ0n) is 10.5. The molecule has 1 aliphatic rings. The molecule has 1 aliphatic carbocycles. The number of nitrogens with zero attached hydrogens (tertiary/aromatic N) is 2. The van der Waals surface area contributed by atoms with Gasteiger partial charge >= 0.3 is 0 Å². The summed E-state index contributed by atoms with van der Waals surface area (Å²) in [7, 11) is 0. The second-order valence-corrected chi connectivity index (χ2v) is 4.74. The Kier molecular flexibility index (Phi) is 3.94. The average Bonchev–Trinajstić information content (AvgIpc) is 2.88. The fourth-order valence-electron chi connectivity index (χ4n) is 2.34. The zero-order valence-corrected chi connectivity index (χ0v) is 10.5. The molecule has 1 aromatic rings. The van der Waals surface area contributed by atoms with Crippen molar-refractivity contribution in [3.05, 3.63) is 27.9 Å². The van der Waals surface area contributed by atoms with Gasteiger partial charge in [-0.15, -0.1) is 0 Å². The maximum atomic E-state index is 12.0. The van der Waals surface area contributed by atoms with Crippen molar-refractivity contribution < 1.29 is 9.72 Å². The van der Waals surface area contributed by atoms with Crippen LogP contribution in [0.1, 0.15) is 36.0 Å². The fourth-order valence-corrected chi connectivity index (χ4v) is 2.34. The van der Waals surface area contributed by atoms with Gasteiger partial charge in [0, 0.05) is 6.54 Å². The van der Waals surface area contributed by atoms with E-state index in [0.29, 0.717) is 12.5 Å². The lowest BCUT2D eigenvalue weighted by Crippen LogP contribution is -2.29. The van der Waals surface area contributed by atoms with Crippen LogP contribution in [0.25, 0.3) is 0 Å². The molecular weight excluding hydrogens is 248 g/mol. The highest BCUT2D eigenvalue weighted by Crippen LogP contribution is 2.24. The Morgan fingerprint density at radius 2 is 2.21 bits per heavy atom. The zero-order chi connectivity index (χ0) is 13.8. The molecule has 1 heterocycles. The fraction of sp³-hybridized carbons (Fsp3) is 0.500. The maximum absolute atomic E-state index is 12.0. The highest BCUT2D eigenvalue weighted by Gasteiger charge is 2.22. The largest absolute Gasteiger partial charge is 0.384 e. The van der Waals surface area contributed by atoms with Gasteiger partial charge in [0.1, 0.15) is 17.6 Å². The van der Waals surface area contributed by atoms with Crippen molar-refractivity contribution in [2.75, 3.05) is 12.3 Å². The summed E-state index contributed by atoms with van der Waals surface area (Å²) in [5, 5.41) is 13.6. The van der Waals surface area contributed by atoms with Crippen LogP contribution in [-0.2, 0) is 0 Å². The summed E-state index contributed by atoms with van der Waals surface area (Å²) < 4.78 is 0. The van der Waals surface area contributed by atoms with Crippen molar-refractivity contribution in [1.82, 2.24) is 10.3 Å². The number of pyridine rings is 1.